The molecule has 2 heterocycles. The first-order chi connectivity index (χ1) is 13.6. The third-order valence-electron chi connectivity index (χ3n) is 4.61. The van der Waals surface area contributed by atoms with Crippen LogP contribution in [-0.4, -0.2) is 24.9 Å². The highest BCUT2D eigenvalue weighted by molar-refractivity contribution is 7.99. The number of benzene rings is 2. The molecule has 0 aliphatic rings. The van der Waals surface area contributed by atoms with Crippen LogP contribution in [0.15, 0.2) is 75.1 Å². The van der Waals surface area contributed by atoms with Crippen molar-refractivity contribution >= 4 is 22.9 Å². The van der Waals surface area contributed by atoms with Gasteiger partial charge in [0.25, 0.3) is 5.56 Å². The van der Waals surface area contributed by atoms with Crippen molar-refractivity contribution in [2.75, 3.05) is 5.75 Å². The maximum Gasteiger partial charge on any atom is 0.329 e. The minimum Gasteiger partial charge on any atom is -0.318 e. The van der Waals surface area contributed by atoms with Gasteiger partial charge in [-0.3, -0.25) is 14.3 Å². The van der Waals surface area contributed by atoms with Crippen LogP contribution in [0.3, 0.4) is 0 Å². The fourth-order valence-electron chi connectivity index (χ4n) is 3.18. The number of fused-ring (bicyclic) bond motifs is 1. The van der Waals surface area contributed by atoms with Crippen molar-refractivity contribution in [2.24, 2.45) is 7.05 Å². The van der Waals surface area contributed by atoms with Crippen LogP contribution in [0.5, 0.6) is 0 Å². The molecular weight excluding hydrogens is 372 g/mol. The van der Waals surface area contributed by atoms with Gasteiger partial charge >= 0.3 is 5.69 Å². The fourth-order valence-corrected chi connectivity index (χ4v) is 4.05. The molecule has 142 valence electrons. The summed E-state index contributed by atoms with van der Waals surface area (Å²) in [6, 6.07) is 20.1. The summed E-state index contributed by atoms with van der Waals surface area (Å²) in [6.07, 6.45) is 0.689. The van der Waals surface area contributed by atoms with E-state index in [0.29, 0.717) is 24.1 Å². The van der Waals surface area contributed by atoms with Gasteiger partial charge in [-0.2, -0.15) is 0 Å². The first kappa shape index (κ1) is 18.3. The first-order valence-corrected chi connectivity index (χ1v) is 10.0. The Balaban J connectivity index is 1.72. The molecule has 0 bridgehead atoms. The standard InChI is InChI=1S/C21H20N4O2S/c1-24-19-18(20(26)23-21(24)27)25(14-15-8-4-2-5-9-15)17(22-19)12-13-28-16-10-6-3-7-11-16/h2-11H,12-14H2,1H3,(H,23,26,27). The quantitative estimate of drug-likeness (QED) is 0.512. The van der Waals surface area contributed by atoms with Crippen LogP contribution in [0.2, 0.25) is 0 Å². The summed E-state index contributed by atoms with van der Waals surface area (Å²) in [5, 5.41) is 0. The number of aryl methyl sites for hydroxylation is 2. The van der Waals surface area contributed by atoms with E-state index >= 15 is 0 Å². The number of thioether (sulfide) groups is 1. The molecule has 0 unspecified atom stereocenters. The molecule has 2 aromatic carbocycles. The maximum absolute atomic E-state index is 12.5. The van der Waals surface area contributed by atoms with Crippen molar-refractivity contribution in [2.45, 2.75) is 17.9 Å². The van der Waals surface area contributed by atoms with E-state index in [1.165, 1.54) is 9.46 Å². The molecule has 0 fully saturated rings. The lowest BCUT2D eigenvalue weighted by Crippen LogP contribution is -2.29. The number of H-pyrrole nitrogens is 1. The minimum atomic E-state index is -0.452. The third-order valence-corrected chi connectivity index (χ3v) is 5.62. The van der Waals surface area contributed by atoms with Crippen LogP contribution in [-0.2, 0) is 20.0 Å². The third kappa shape index (κ3) is 3.66. The van der Waals surface area contributed by atoms with E-state index in [0.717, 1.165) is 17.1 Å². The Kier molecular flexibility index (Phi) is 5.16. The zero-order valence-corrected chi connectivity index (χ0v) is 16.3. The van der Waals surface area contributed by atoms with Crippen LogP contribution in [0.4, 0.5) is 0 Å². The summed E-state index contributed by atoms with van der Waals surface area (Å²) in [7, 11) is 1.63. The predicted molar refractivity (Wildman–Crippen MR) is 112 cm³/mol. The van der Waals surface area contributed by atoms with Gasteiger partial charge in [0.2, 0.25) is 0 Å². The van der Waals surface area contributed by atoms with E-state index in [-0.39, 0.29) is 0 Å². The SMILES string of the molecule is Cn1c(=O)[nH]c(=O)c2c1nc(CCSc1ccccc1)n2Cc1ccccc1. The van der Waals surface area contributed by atoms with Gasteiger partial charge in [0.05, 0.1) is 0 Å². The summed E-state index contributed by atoms with van der Waals surface area (Å²) < 4.78 is 3.32. The van der Waals surface area contributed by atoms with Crippen LogP contribution >= 0.6 is 11.8 Å². The summed E-state index contributed by atoms with van der Waals surface area (Å²) in [5.41, 5.74) is 1.08. The topological polar surface area (TPSA) is 72.7 Å². The Labute approximate surface area is 165 Å². The summed E-state index contributed by atoms with van der Waals surface area (Å²) in [4.78, 5) is 32.8. The highest BCUT2D eigenvalue weighted by atomic mass is 32.2. The predicted octanol–water partition coefficient (Wildman–Crippen LogP) is 2.81. The molecule has 4 aromatic rings. The highest BCUT2D eigenvalue weighted by Crippen LogP contribution is 2.20. The van der Waals surface area contributed by atoms with Gasteiger partial charge in [-0.1, -0.05) is 48.5 Å². The average Bonchev–Trinajstić information content (AvgIpc) is 3.07. The smallest absolute Gasteiger partial charge is 0.318 e. The fraction of sp³-hybridized carbons (Fsp3) is 0.190. The summed E-state index contributed by atoms with van der Waals surface area (Å²) in [5.74, 6) is 1.63. The number of hydrogen-bond donors (Lipinski definition) is 1. The van der Waals surface area contributed by atoms with Gasteiger partial charge in [-0.25, -0.2) is 9.78 Å². The van der Waals surface area contributed by atoms with Crippen molar-refractivity contribution in [1.82, 2.24) is 19.1 Å². The number of imidazole rings is 1. The summed E-state index contributed by atoms with van der Waals surface area (Å²) in [6.45, 7) is 0.532. The van der Waals surface area contributed by atoms with E-state index in [1.807, 2.05) is 53.1 Å². The second-order valence-electron chi connectivity index (χ2n) is 6.50. The van der Waals surface area contributed by atoms with E-state index in [2.05, 4.69) is 22.1 Å². The van der Waals surface area contributed by atoms with Gasteiger partial charge in [0.1, 0.15) is 5.82 Å². The molecule has 0 saturated carbocycles. The second-order valence-corrected chi connectivity index (χ2v) is 7.67. The Hall–Kier alpha value is -3.06. The molecule has 28 heavy (non-hydrogen) atoms. The van der Waals surface area contributed by atoms with Gasteiger partial charge in [-0.05, 0) is 17.7 Å². The van der Waals surface area contributed by atoms with E-state index in [4.69, 9.17) is 0 Å². The molecule has 4 rings (SSSR count). The molecule has 0 aliphatic heterocycles. The lowest BCUT2D eigenvalue weighted by Gasteiger charge is -2.09. The van der Waals surface area contributed by atoms with Crippen LogP contribution in [0.1, 0.15) is 11.4 Å². The van der Waals surface area contributed by atoms with Gasteiger partial charge in [0, 0.05) is 30.7 Å². The largest absolute Gasteiger partial charge is 0.329 e. The number of hydrogen-bond acceptors (Lipinski definition) is 4. The molecule has 0 amide bonds. The van der Waals surface area contributed by atoms with Gasteiger partial charge < -0.3 is 4.57 Å². The highest BCUT2D eigenvalue weighted by Gasteiger charge is 2.17. The van der Waals surface area contributed by atoms with Crippen LogP contribution < -0.4 is 11.2 Å². The Morgan fingerprint density at radius 2 is 1.68 bits per heavy atom. The zero-order chi connectivity index (χ0) is 19.5. The number of rotatable bonds is 6. The molecular formula is C21H20N4O2S. The second kappa shape index (κ2) is 7.90. The average molecular weight is 392 g/mol. The van der Waals surface area contributed by atoms with E-state index < -0.39 is 11.2 Å². The normalized spacial score (nSPS) is 11.2. The molecule has 0 atom stereocenters. The molecule has 6 nitrogen and oxygen atoms in total. The van der Waals surface area contributed by atoms with Crippen molar-refractivity contribution in [3.63, 3.8) is 0 Å². The molecule has 0 saturated heterocycles. The number of nitrogens with one attached hydrogen (secondary N) is 1. The van der Waals surface area contributed by atoms with E-state index in [1.54, 1.807) is 18.8 Å². The molecule has 0 spiro atoms. The molecule has 0 aliphatic carbocycles. The number of nitrogens with zero attached hydrogens (tertiary/aromatic N) is 3. The lowest BCUT2D eigenvalue weighted by atomic mass is 10.2. The van der Waals surface area contributed by atoms with Crippen LogP contribution in [0.25, 0.3) is 11.2 Å². The van der Waals surface area contributed by atoms with Crippen molar-refractivity contribution in [3.05, 3.63) is 92.9 Å². The van der Waals surface area contributed by atoms with E-state index in [9.17, 15) is 9.59 Å². The lowest BCUT2D eigenvalue weighted by molar-refractivity contribution is 0.752. The van der Waals surface area contributed by atoms with Crippen molar-refractivity contribution < 1.29 is 0 Å². The Bertz CT molecular complexity index is 1210. The van der Waals surface area contributed by atoms with Crippen molar-refractivity contribution in [3.8, 4) is 0 Å². The minimum absolute atomic E-state index is 0.400. The number of aromatic nitrogens is 4. The maximum atomic E-state index is 12.5. The summed E-state index contributed by atoms with van der Waals surface area (Å²) >= 11 is 1.74. The Morgan fingerprint density at radius 1 is 1.00 bits per heavy atom. The zero-order valence-electron chi connectivity index (χ0n) is 15.5. The van der Waals surface area contributed by atoms with Crippen LogP contribution in [0, 0.1) is 0 Å². The number of aromatic amines is 1. The Morgan fingerprint density at radius 3 is 2.39 bits per heavy atom. The first-order valence-electron chi connectivity index (χ1n) is 9.03. The van der Waals surface area contributed by atoms with Gasteiger partial charge in [-0.15, -0.1) is 11.8 Å². The monoisotopic (exact) mass is 392 g/mol. The molecule has 0 radical (unpaired) electrons. The van der Waals surface area contributed by atoms with Gasteiger partial charge in [0.15, 0.2) is 11.2 Å². The van der Waals surface area contributed by atoms with Crippen molar-refractivity contribution in [1.29, 1.82) is 0 Å². The molecule has 1 N–H and O–H groups in total. The molecule has 2 aromatic heterocycles. The molecule has 7 heteroatoms.